The monoisotopic (exact) mass is 182 g/mol. The molecule has 0 fully saturated rings. The van der Waals surface area contributed by atoms with E-state index in [1.165, 1.54) is 7.05 Å². The predicted molar refractivity (Wildman–Crippen MR) is 44.7 cm³/mol. The molecule has 0 unspecified atom stereocenters. The SMILES string of the molecule is CNC(=O)OCc1nccc[n+]1C. The van der Waals surface area contributed by atoms with Crippen LogP contribution in [0.1, 0.15) is 5.82 Å². The number of aromatic nitrogens is 2. The molecule has 1 aromatic heterocycles. The Labute approximate surface area is 76.4 Å². The number of rotatable bonds is 2. The summed E-state index contributed by atoms with van der Waals surface area (Å²) in [6.45, 7) is 0.178. The van der Waals surface area contributed by atoms with Gasteiger partial charge >= 0.3 is 11.9 Å². The first-order valence-electron chi connectivity index (χ1n) is 3.88. The highest BCUT2D eigenvalue weighted by Gasteiger charge is 2.09. The van der Waals surface area contributed by atoms with Crippen molar-refractivity contribution in [3.8, 4) is 0 Å². The molecule has 0 saturated heterocycles. The Hall–Kier alpha value is -1.65. The Bertz CT molecular complexity index is 301. The van der Waals surface area contributed by atoms with E-state index in [0.717, 1.165) is 0 Å². The second-order valence-corrected chi connectivity index (χ2v) is 2.47. The molecule has 70 valence electrons. The minimum absolute atomic E-state index is 0.178. The number of carbonyl (C=O) groups is 1. The van der Waals surface area contributed by atoms with Crippen LogP contribution in [0.2, 0.25) is 0 Å². The van der Waals surface area contributed by atoms with Crippen LogP contribution in [0.3, 0.4) is 0 Å². The molecule has 0 saturated carbocycles. The van der Waals surface area contributed by atoms with Crippen molar-refractivity contribution in [2.24, 2.45) is 7.05 Å². The van der Waals surface area contributed by atoms with Crippen molar-refractivity contribution in [2.45, 2.75) is 6.61 Å². The zero-order valence-electron chi connectivity index (χ0n) is 7.65. The van der Waals surface area contributed by atoms with E-state index in [-0.39, 0.29) is 6.61 Å². The van der Waals surface area contributed by atoms with E-state index >= 15 is 0 Å². The first kappa shape index (κ1) is 9.44. The van der Waals surface area contributed by atoms with Gasteiger partial charge in [-0.15, -0.1) is 0 Å². The molecule has 1 amide bonds. The summed E-state index contributed by atoms with van der Waals surface area (Å²) in [5.74, 6) is 0.700. The summed E-state index contributed by atoms with van der Waals surface area (Å²) >= 11 is 0. The van der Waals surface area contributed by atoms with Crippen molar-refractivity contribution in [3.63, 3.8) is 0 Å². The molecule has 0 aliphatic heterocycles. The van der Waals surface area contributed by atoms with E-state index in [2.05, 4.69) is 10.3 Å². The average Bonchev–Trinajstić information content (AvgIpc) is 2.16. The maximum Gasteiger partial charge on any atom is 0.407 e. The highest BCUT2D eigenvalue weighted by atomic mass is 16.5. The Morgan fingerprint density at radius 3 is 3.15 bits per heavy atom. The number of nitrogens with zero attached hydrogens (tertiary/aromatic N) is 2. The number of amides is 1. The lowest BCUT2D eigenvalue weighted by Gasteiger charge is -2.00. The summed E-state index contributed by atoms with van der Waals surface area (Å²) in [6, 6.07) is 1.81. The zero-order chi connectivity index (χ0) is 9.68. The number of nitrogens with one attached hydrogen (secondary N) is 1. The van der Waals surface area contributed by atoms with Gasteiger partial charge in [-0.2, -0.15) is 0 Å². The maximum absolute atomic E-state index is 10.7. The standard InChI is InChI=1S/C8H11N3O2/c1-9-8(12)13-6-7-10-4-3-5-11(7)2/h3-5H,6H2,1-2H3/p+1. The van der Waals surface area contributed by atoms with Gasteiger partial charge in [0.1, 0.15) is 6.20 Å². The number of aryl methyl sites for hydroxylation is 1. The molecule has 0 atom stereocenters. The number of ether oxygens (including phenoxy) is 1. The van der Waals surface area contributed by atoms with Crippen molar-refractivity contribution in [3.05, 3.63) is 24.3 Å². The fourth-order valence-corrected chi connectivity index (χ4v) is 0.815. The molecule has 0 bridgehead atoms. The van der Waals surface area contributed by atoms with Gasteiger partial charge in [-0.25, -0.2) is 9.36 Å². The van der Waals surface area contributed by atoms with Crippen molar-refractivity contribution in [1.29, 1.82) is 0 Å². The van der Waals surface area contributed by atoms with E-state index in [1.807, 2.05) is 19.3 Å². The second-order valence-electron chi connectivity index (χ2n) is 2.47. The lowest BCUT2D eigenvalue weighted by Crippen LogP contribution is -2.35. The molecule has 0 aliphatic carbocycles. The van der Waals surface area contributed by atoms with Crippen LogP contribution in [0.4, 0.5) is 4.79 Å². The van der Waals surface area contributed by atoms with Crippen molar-refractivity contribution in [2.75, 3.05) is 7.05 Å². The lowest BCUT2D eigenvalue weighted by atomic mass is 10.5. The van der Waals surface area contributed by atoms with Crippen LogP contribution in [0.25, 0.3) is 0 Å². The van der Waals surface area contributed by atoms with E-state index in [0.29, 0.717) is 5.82 Å². The van der Waals surface area contributed by atoms with E-state index in [9.17, 15) is 4.79 Å². The topological polar surface area (TPSA) is 55.1 Å². The Morgan fingerprint density at radius 2 is 2.54 bits per heavy atom. The van der Waals surface area contributed by atoms with Crippen LogP contribution in [-0.4, -0.2) is 18.1 Å². The van der Waals surface area contributed by atoms with Crippen LogP contribution in [0, 0.1) is 0 Å². The summed E-state index contributed by atoms with van der Waals surface area (Å²) in [5.41, 5.74) is 0. The molecule has 0 radical (unpaired) electrons. The summed E-state index contributed by atoms with van der Waals surface area (Å²) in [4.78, 5) is 14.8. The summed E-state index contributed by atoms with van der Waals surface area (Å²) in [7, 11) is 3.36. The third kappa shape index (κ3) is 2.70. The van der Waals surface area contributed by atoms with Crippen LogP contribution in [-0.2, 0) is 18.4 Å². The Balaban J connectivity index is 2.54. The van der Waals surface area contributed by atoms with Crippen LogP contribution >= 0.6 is 0 Å². The third-order valence-electron chi connectivity index (χ3n) is 1.56. The van der Waals surface area contributed by atoms with Crippen LogP contribution in [0.5, 0.6) is 0 Å². The van der Waals surface area contributed by atoms with Gasteiger partial charge in [0, 0.05) is 13.1 Å². The highest BCUT2D eigenvalue weighted by Crippen LogP contribution is 1.88. The van der Waals surface area contributed by atoms with E-state index in [4.69, 9.17) is 4.74 Å². The number of alkyl carbamates (subject to hydrolysis) is 1. The molecular weight excluding hydrogens is 170 g/mol. The van der Waals surface area contributed by atoms with E-state index in [1.54, 1.807) is 10.8 Å². The largest absolute Gasteiger partial charge is 0.436 e. The maximum atomic E-state index is 10.7. The molecule has 5 heteroatoms. The predicted octanol–water partition coefficient (Wildman–Crippen LogP) is -0.238. The molecule has 0 aromatic carbocycles. The van der Waals surface area contributed by atoms with Gasteiger partial charge < -0.3 is 10.1 Å². The van der Waals surface area contributed by atoms with Crippen molar-refractivity contribution < 1.29 is 14.1 Å². The summed E-state index contributed by atoms with van der Waals surface area (Å²) < 4.78 is 6.62. The van der Waals surface area contributed by atoms with Crippen LogP contribution in [0.15, 0.2) is 18.5 Å². The van der Waals surface area contributed by atoms with Gasteiger partial charge in [0.2, 0.25) is 0 Å². The summed E-state index contributed by atoms with van der Waals surface area (Å²) in [5, 5.41) is 2.36. The second kappa shape index (κ2) is 4.39. The van der Waals surface area contributed by atoms with Gasteiger partial charge in [-0.05, 0) is 0 Å². The molecule has 1 N–H and O–H groups in total. The molecular formula is C8H12N3O2+. The number of hydrogen-bond acceptors (Lipinski definition) is 3. The first-order valence-corrected chi connectivity index (χ1v) is 3.88. The fraction of sp³-hybridized carbons (Fsp3) is 0.375. The molecule has 0 spiro atoms. The van der Waals surface area contributed by atoms with Gasteiger partial charge in [-0.1, -0.05) is 4.98 Å². The van der Waals surface area contributed by atoms with Crippen molar-refractivity contribution in [1.82, 2.24) is 10.3 Å². The van der Waals surface area contributed by atoms with Gasteiger partial charge in [0.25, 0.3) is 0 Å². The minimum Gasteiger partial charge on any atom is -0.436 e. The average molecular weight is 182 g/mol. The third-order valence-corrected chi connectivity index (χ3v) is 1.56. The number of carbonyl (C=O) groups excluding carboxylic acids is 1. The highest BCUT2D eigenvalue weighted by molar-refractivity contribution is 5.66. The van der Waals surface area contributed by atoms with Gasteiger partial charge in [0.15, 0.2) is 6.61 Å². The molecule has 13 heavy (non-hydrogen) atoms. The first-order chi connectivity index (χ1) is 6.24. The number of hydrogen-bond donors (Lipinski definition) is 1. The smallest absolute Gasteiger partial charge is 0.407 e. The van der Waals surface area contributed by atoms with E-state index < -0.39 is 6.09 Å². The molecule has 1 rings (SSSR count). The Kier molecular flexibility index (Phi) is 3.19. The molecule has 0 aliphatic rings. The fourth-order valence-electron chi connectivity index (χ4n) is 0.815. The van der Waals surface area contributed by atoms with Gasteiger partial charge in [-0.3, -0.25) is 0 Å². The van der Waals surface area contributed by atoms with Crippen LogP contribution < -0.4 is 9.88 Å². The Morgan fingerprint density at radius 1 is 1.77 bits per heavy atom. The molecule has 1 aromatic rings. The quantitative estimate of drug-likeness (QED) is 0.642. The lowest BCUT2D eigenvalue weighted by molar-refractivity contribution is -0.684. The molecule has 5 nitrogen and oxygen atoms in total. The normalized spacial score (nSPS) is 9.38. The van der Waals surface area contributed by atoms with Crippen molar-refractivity contribution >= 4 is 6.09 Å². The summed E-state index contributed by atoms with van der Waals surface area (Å²) in [6.07, 6.45) is 3.05. The minimum atomic E-state index is -0.453. The molecule has 1 heterocycles. The zero-order valence-corrected chi connectivity index (χ0v) is 7.65. The van der Waals surface area contributed by atoms with Gasteiger partial charge in [0.05, 0.1) is 13.2 Å².